The summed E-state index contributed by atoms with van der Waals surface area (Å²) in [6.07, 6.45) is 8.41. The summed E-state index contributed by atoms with van der Waals surface area (Å²) < 4.78 is 5.36. The summed E-state index contributed by atoms with van der Waals surface area (Å²) in [7, 11) is 0. The summed E-state index contributed by atoms with van der Waals surface area (Å²) in [6, 6.07) is 0. The van der Waals surface area contributed by atoms with Crippen LogP contribution < -0.4 is 0 Å². The Kier molecular flexibility index (Phi) is 3.28. The molecular formula is C11H17ClO. The standard InChI is InChI=1S/C11H17ClO/c12-11-3-1-2-10(8-11)9-4-6-13-7-5-9/h8-9,11H,1-7H2. The molecule has 1 aliphatic heterocycles. The molecule has 13 heavy (non-hydrogen) atoms. The van der Waals surface area contributed by atoms with Gasteiger partial charge in [0.1, 0.15) is 0 Å². The Hall–Kier alpha value is -0.0100. The highest BCUT2D eigenvalue weighted by Gasteiger charge is 2.21. The van der Waals surface area contributed by atoms with Crippen molar-refractivity contribution < 1.29 is 4.74 Å². The van der Waals surface area contributed by atoms with Crippen LogP contribution in [0.25, 0.3) is 0 Å². The lowest BCUT2D eigenvalue weighted by Gasteiger charge is -2.27. The van der Waals surface area contributed by atoms with Crippen LogP contribution in [-0.4, -0.2) is 18.6 Å². The Bertz CT molecular complexity index is 194. The van der Waals surface area contributed by atoms with Crippen molar-refractivity contribution in [1.29, 1.82) is 0 Å². The number of hydrogen-bond donors (Lipinski definition) is 0. The summed E-state index contributed by atoms with van der Waals surface area (Å²) in [6.45, 7) is 1.88. The van der Waals surface area contributed by atoms with Crippen LogP contribution in [0.3, 0.4) is 0 Å². The number of halogens is 1. The molecule has 2 aliphatic rings. The summed E-state index contributed by atoms with van der Waals surface area (Å²) in [4.78, 5) is 0. The molecule has 1 unspecified atom stereocenters. The maximum Gasteiger partial charge on any atom is 0.0518 e. The SMILES string of the molecule is ClC1C=C(C2CCOCC2)CCC1. The van der Waals surface area contributed by atoms with Crippen molar-refractivity contribution in [2.24, 2.45) is 5.92 Å². The molecule has 0 bridgehead atoms. The zero-order valence-electron chi connectivity index (χ0n) is 7.97. The van der Waals surface area contributed by atoms with E-state index in [1.807, 2.05) is 0 Å². The van der Waals surface area contributed by atoms with E-state index in [0.717, 1.165) is 25.6 Å². The van der Waals surface area contributed by atoms with Gasteiger partial charge in [-0.15, -0.1) is 11.6 Å². The van der Waals surface area contributed by atoms with Crippen molar-refractivity contribution in [2.45, 2.75) is 37.5 Å². The minimum Gasteiger partial charge on any atom is -0.381 e. The van der Waals surface area contributed by atoms with Crippen LogP contribution in [0, 0.1) is 5.92 Å². The fourth-order valence-corrected chi connectivity index (χ4v) is 2.62. The first-order valence-corrected chi connectivity index (χ1v) is 5.72. The second kappa shape index (κ2) is 4.47. The van der Waals surface area contributed by atoms with Gasteiger partial charge >= 0.3 is 0 Å². The molecule has 1 heterocycles. The molecule has 0 aromatic carbocycles. The van der Waals surface area contributed by atoms with Crippen molar-refractivity contribution in [2.75, 3.05) is 13.2 Å². The predicted molar refractivity (Wildman–Crippen MR) is 55.1 cm³/mol. The largest absolute Gasteiger partial charge is 0.381 e. The van der Waals surface area contributed by atoms with E-state index in [4.69, 9.17) is 16.3 Å². The van der Waals surface area contributed by atoms with Gasteiger partial charge in [-0.1, -0.05) is 11.6 Å². The molecule has 1 atom stereocenters. The van der Waals surface area contributed by atoms with Crippen molar-refractivity contribution in [3.8, 4) is 0 Å². The lowest BCUT2D eigenvalue weighted by molar-refractivity contribution is 0.0745. The van der Waals surface area contributed by atoms with Crippen LogP contribution in [-0.2, 0) is 4.74 Å². The third kappa shape index (κ3) is 2.47. The second-order valence-electron chi connectivity index (χ2n) is 4.04. The lowest BCUT2D eigenvalue weighted by atomic mass is 9.84. The van der Waals surface area contributed by atoms with Crippen molar-refractivity contribution >= 4 is 11.6 Å². The zero-order chi connectivity index (χ0) is 9.10. The molecule has 0 aromatic rings. The molecule has 1 nitrogen and oxygen atoms in total. The normalized spacial score (nSPS) is 31.5. The molecule has 0 saturated carbocycles. The molecule has 0 amide bonds. The van der Waals surface area contributed by atoms with E-state index in [0.29, 0.717) is 5.38 Å². The van der Waals surface area contributed by atoms with E-state index >= 15 is 0 Å². The highest BCUT2D eigenvalue weighted by atomic mass is 35.5. The van der Waals surface area contributed by atoms with E-state index in [9.17, 15) is 0 Å². The molecule has 74 valence electrons. The fraction of sp³-hybridized carbons (Fsp3) is 0.818. The number of ether oxygens (including phenoxy) is 1. The molecule has 1 aliphatic carbocycles. The van der Waals surface area contributed by atoms with Crippen molar-refractivity contribution in [3.63, 3.8) is 0 Å². The van der Waals surface area contributed by atoms with E-state index in [1.54, 1.807) is 5.57 Å². The van der Waals surface area contributed by atoms with E-state index in [2.05, 4.69) is 6.08 Å². The molecule has 1 saturated heterocycles. The van der Waals surface area contributed by atoms with Gasteiger partial charge in [-0.25, -0.2) is 0 Å². The first kappa shape index (κ1) is 9.54. The maximum atomic E-state index is 6.12. The van der Waals surface area contributed by atoms with Gasteiger partial charge in [0.2, 0.25) is 0 Å². The highest BCUT2D eigenvalue weighted by molar-refractivity contribution is 6.21. The summed E-state index contributed by atoms with van der Waals surface area (Å²) in [5, 5.41) is 0.298. The average molecular weight is 201 g/mol. The van der Waals surface area contributed by atoms with Crippen LogP contribution in [0.15, 0.2) is 11.6 Å². The Morgan fingerprint density at radius 3 is 2.69 bits per heavy atom. The smallest absolute Gasteiger partial charge is 0.0518 e. The van der Waals surface area contributed by atoms with E-state index in [-0.39, 0.29) is 0 Å². The Labute approximate surface area is 85.1 Å². The molecule has 0 aromatic heterocycles. The molecule has 1 fully saturated rings. The topological polar surface area (TPSA) is 9.23 Å². The fourth-order valence-electron chi connectivity index (χ4n) is 2.31. The minimum absolute atomic E-state index is 0.298. The summed E-state index contributed by atoms with van der Waals surface area (Å²) in [5.41, 5.74) is 1.61. The lowest BCUT2D eigenvalue weighted by Crippen LogP contribution is -2.19. The molecule has 0 N–H and O–H groups in total. The monoisotopic (exact) mass is 200 g/mol. The Morgan fingerprint density at radius 2 is 2.00 bits per heavy atom. The zero-order valence-corrected chi connectivity index (χ0v) is 8.72. The average Bonchev–Trinajstić information content (AvgIpc) is 2.19. The van der Waals surface area contributed by atoms with Crippen molar-refractivity contribution in [3.05, 3.63) is 11.6 Å². The molecular weight excluding hydrogens is 184 g/mol. The van der Waals surface area contributed by atoms with Gasteiger partial charge in [0.15, 0.2) is 0 Å². The molecule has 0 radical (unpaired) electrons. The van der Waals surface area contributed by atoms with Gasteiger partial charge in [-0.05, 0) is 38.0 Å². The van der Waals surface area contributed by atoms with Crippen molar-refractivity contribution in [1.82, 2.24) is 0 Å². The maximum absolute atomic E-state index is 6.12. The number of alkyl halides is 1. The second-order valence-corrected chi connectivity index (χ2v) is 4.60. The van der Waals surface area contributed by atoms with Crippen LogP contribution in [0.2, 0.25) is 0 Å². The van der Waals surface area contributed by atoms with E-state index < -0.39 is 0 Å². The van der Waals surface area contributed by atoms with Gasteiger partial charge in [-0.2, -0.15) is 0 Å². The number of hydrogen-bond acceptors (Lipinski definition) is 1. The quantitative estimate of drug-likeness (QED) is 0.467. The number of allylic oxidation sites excluding steroid dienone is 2. The van der Waals surface area contributed by atoms with E-state index in [1.165, 1.54) is 25.7 Å². The third-order valence-electron chi connectivity index (χ3n) is 3.09. The minimum atomic E-state index is 0.298. The Morgan fingerprint density at radius 1 is 1.23 bits per heavy atom. The number of rotatable bonds is 1. The van der Waals surface area contributed by atoms with Gasteiger partial charge in [0, 0.05) is 13.2 Å². The third-order valence-corrected chi connectivity index (χ3v) is 3.43. The predicted octanol–water partition coefficient (Wildman–Crippen LogP) is 3.13. The van der Waals surface area contributed by atoms with Crippen LogP contribution >= 0.6 is 11.6 Å². The van der Waals surface area contributed by atoms with Gasteiger partial charge < -0.3 is 4.74 Å². The van der Waals surface area contributed by atoms with Gasteiger partial charge in [0.05, 0.1) is 5.38 Å². The van der Waals surface area contributed by atoms with Crippen LogP contribution in [0.5, 0.6) is 0 Å². The molecule has 2 rings (SSSR count). The van der Waals surface area contributed by atoms with Gasteiger partial charge in [-0.3, -0.25) is 0 Å². The first-order valence-electron chi connectivity index (χ1n) is 5.28. The molecule has 0 spiro atoms. The Balaban J connectivity index is 1.97. The van der Waals surface area contributed by atoms with Gasteiger partial charge in [0.25, 0.3) is 0 Å². The summed E-state index contributed by atoms with van der Waals surface area (Å²) >= 11 is 6.12. The first-order chi connectivity index (χ1) is 6.36. The summed E-state index contributed by atoms with van der Waals surface area (Å²) in [5.74, 6) is 0.773. The molecule has 2 heteroatoms. The van der Waals surface area contributed by atoms with Crippen LogP contribution in [0.4, 0.5) is 0 Å². The highest BCUT2D eigenvalue weighted by Crippen LogP contribution is 2.32. The van der Waals surface area contributed by atoms with Crippen LogP contribution in [0.1, 0.15) is 32.1 Å².